The zero-order valence-corrected chi connectivity index (χ0v) is 22.0. The van der Waals surface area contributed by atoms with Crippen LogP contribution in [0.15, 0.2) is 36.5 Å². The molecule has 0 N–H and O–H groups in total. The number of carbonyl (C=O) groups is 1. The standard InChI is InChI=1S/C24H32ClFN2.C5H8O/c1-5-6-17-9-20(24(2,3)4)16-28(14-17)15-18-7-8-23(27-13-18)19-10-21(25)12-22(26)11-19;6-4-5-2-1-3-5/h7-8,10-13,17,20H,5-6,9,14-16H2,1-4H3;4-5H,1-3H2. The Labute approximate surface area is 210 Å². The molecule has 0 spiro atoms. The molecule has 1 aromatic carbocycles. The summed E-state index contributed by atoms with van der Waals surface area (Å²) in [4.78, 5) is 16.9. The first kappa shape index (κ1) is 26.8. The van der Waals surface area contributed by atoms with Crippen molar-refractivity contribution in [2.24, 2.45) is 23.2 Å². The number of hydrogen-bond acceptors (Lipinski definition) is 3. The maximum Gasteiger partial charge on any atom is 0.125 e. The Morgan fingerprint density at radius 3 is 2.44 bits per heavy atom. The van der Waals surface area contributed by atoms with E-state index in [-0.39, 0.29) is 5.82 Å². The van der Waals surface area contributed by atoms with E-state index in [9.17, 15) is 9.18 Å². The van der Waals surface area contributed by atoms with Crippen molar-refractivity contribution in [2.45, 2.75) is 72.8 Å². The van der Waals surface area contributed by atoms with Crippen molar-refractivity contribution in [2.75, 3.05) is 13.1 Å². The SMILES string of the molecule is CCCC1CC(C(C)(C)C)CN(Cc2ccc(-c3cc(F)cc(Cl)c3)nc2)C1.O=CC1CCC1. The second-order valence-corrected chi connectivity index (χ2v) is 11.6. The monoisotopic (exact) mass is 486 g/mol. The molecule has 1 aromatic heterocycles. The number of halogens is 2. The van der Waals surface area contributed by atoms with E-state index in [1.807, 2.05) is 12.3 Å². The molecule has 2 unspecified atom stereocenters. The molecule has 2 aromatic rings. The van der Waals surface area contributed by atoms with Crippen molar-refractivity contribution >= 4 is 17.9 Å². The molecule has 2 heterocycles. The number of carbonyl (C=O) groups excluding carboxylic acids is 1. The number of likely N-dealkylation sites (tertiary alicyclic amines) is 1. The van der Waals surface area contributed by atoms with Gasteiger partial charge in [-0.05, 0) is 72.8 Å². The summed E-state index contributed by atoms with van der Waals surface area (Å²) in [5, 5.41) is 0.393. The van der Waals surface area contributed by atoms with Crippen LogP contribution in [0.5, 0.6) is 0 Å². The highest BCUT2D eigenvalue weighted by Gasteiger charge is 2.33. The van der Waals surface area contributed by atoms with Crippen LogP contribution in [0.2, 0.25) is 5.02 Å². The predicted molar refractivity (Wildman–Crippen MR) is 139 cm³/mol. The number of hydrogen-bond donors (Lipinski definition) is 0. The van der Waals surface area contributed by atoms with E-state index in [1.165, 1.54) is 49.9 Å². The Bertz CT molecular complexity index is 900. The quantitative estimate of drug-likeness (QED) is 0.390. The molecule has 3 nitrogen and oxygen atoms in total. The van der Waals surface area contributed by atoms with Crippen LogP contribution in [0.1, 0.15) is 71.8 Å². The van der Waals surface area contributed by atoms with Crippen molar-refractivity contribution in [1.29, 1.82) is 0 Å². The van der Waals surface area contributed by atoms with Crippen molar-refractivity contribution < 1.29 is 9.18 Å². The van der Waals surface area contributed by atoms with Gasteiger partial charge >= 0.3 is 0 Å². The summed E-state index contributed by atoms with van der Waals surface area (Å²) < 4.78 is 13.6. The number of piperidine rings is 1. The van der Waals surface area contributed by atoms with E-state index in [1.54, 1.807) is 6.07 Å². The summed E-state index contributed by atoms with van der Waals surface area (Å²) in [5.74, 6) is 1.60. The van der Waals surface area contributed by atoms with Crippen LogP contribution in [0.4, 0.5) is 4.39 Å². The van der Waals surface area contributed by atoms with Crippen LogP contribution in [-0.2, 0) is 11.3 Å². The lowest BCUT2D eigenvalue weighted by Crippen LogP contribution is -2.44. The molecular weight excluding hydrogens is 447 g/mol. The third-order valence-corrected chi connectivity index (χ3v) is 7.48. The fourth-order valence-electron chi connectivity index (χ4n) is 4.90. The first-order chi connectivity index (χ1) is 16.2. The van der Waals surface area contributed by atoms with Crippen molar-refractivity contribution in [3.8, 4) is 11.3 Å². The maximum absolute atomic E-state index is 13.6. The fourth-order valence-corrected chi connectivity index (χ4v) is 5.12. The number of aromatic nitrogens is 1. The summed E-state index contributed by atoms with van der Waals surface area (Å²) in [5.41, 5.74) is 3.00. The Balaban J connectivity index is 0.000000469. The lowest BCUT2D eigenvalue weighted by Gasteiger charge is -2.43. The molecule has 2 aliphatic rings. The third-order valence-electron chi connectivity index (χ3n) is 7.27. The number of benzene rings is 1. The molecule has 0 amide bonds. The zero-order chi connectivity index (χ0) is 24.7. The molecule has 1 saturated carbocycles. The van der Waals surface area contributed by atoms with Crippen LogP contribution < -0.4 is 0 Å². The average Bonchev–Trinajstić information content (AvgIpc) is 2.73. The van der Waals surface area contributed by atoms with Gasteiger partial charge in [0.05, 0.1) is 5.69 Å². The van der Waals surface area contributed by atoms with Gasteiger partial charge in [0.25, 0.3) is 0 Å². The summed E-state index contributed by atoms with van der Waals surface area (Å²) in [7, 11) is 0. The van der Waals surface area contributed by atoms with Crippen molar-refractivity contribution in [3.05, 3.63) is 52.9 Å². The largest absolute Gasteiger partial charge is 0.303 e. The van der Waals surface area contributed by atoms with Crippen LogP contribution in [-0.4, -0.2) is 29.3 Å². The van der Waals surface area contributed by atoms with Gasteiger partial charge in [0.2, 0.25) is 0 Å². The van der Waals surface area contributed by atoms with Crippen LogP contribution >= 0.6 is 11.6 Å². The van der Waals surface area contributed by atoms with Gasteiger partial charge in [0, 0.05) is 42.3 Å². The minimum absolute atomic E-state index is 0.336. The molecule has 1 saturated heterocycles. The molecule has 1 aliphatic carbocycles. The first-order valence-electron chi connectivity index (χ1n) is 12.8. The van der Waals surface area contributed by atoms with Gasteiger partial charge in [-0.2, -0.15) is 0 Å². The number of nitrogens with zero attached hydrogens (tertiary/aromatic N) is 2. The molecule has 34 heavy (non-hydrogen) atoms. The van der Waals surface area contributed by atoms with E-state index >= 15 is 0 Å². The summed E-state index contributed by atoms with van der Waals surface area (Å²) >= 11 is 5.98. The fraction of sp³-hybridized carbons (Fsp3) is 0.586. The zero-order valence-electron chi connectivity index (χ0n) is 21.2. The van der Waals surface area contributed by atoms with E-state index < -0.39 is 0 Å². The number of aldehydes is 1. The van der Waals surface area contributed by atoms with E-state index in [0.29, 0.717) is 21.9 Å². The summed E-state index contributed by atoms with van der Waals surface area (Å²) in [6.07, 6.45) is 10.4. The van der Waals surface area contributed by atoms with E-state index in [0.717, 1.165) is 49.7 Å². The van der Waals surface area contributed by atoms with Crippen LogP contribution in [0.25, 0.3) is 11.3 Å². The first-order valence-corrected chi connectivity index (χ1v) is 13.1. The van der Waals surface area contributed by atoms with Crippen LogP contribution in [0, 0.1) is 29.0 Å². The number of pyridine rings is 1. The van der Waals surface area contributed by atoms with Crippen LogP contribution in [0.3, 0.4) is 0 Å². The van der Waals surface area contributed by atoms with Gasteiger partial charge < -0.3 is 4.79 Å². The molecular formula is C29H40ClFN2O. The number of rotatable bonds is 6. The topological polar surface area (TPSA) is 33.2 Å². The predicted octanol–water partition coefficient (Wildman–Crippen LogP) is 7.81. The van der Waals surface area contributed by atoms with Gasteiger partial charge in [-0.15, -0.1) is 0 Å². The van der Waals surface area contributed by atoms with Gasteiger partial charge in [0.15, 0.2) is 0 Å². The Morgan fingerprint density at radius 2 is 1.94 bits per heavy atom. The molecule has 4 rings (SSSR count). The molecule has 0 bridgehead atoms. The van der Waals surface area contributed by atoms with Crippen molar-refractivity contribution in [1.82, 2.24) is 9.88 Å². The Kier molecular flexibility index (Phi) is 9.67. The minimum Gasteiger partial charge on any atom is -0.303 e. The maximum atomic E-state index is 13.6. The molecule has 2 fully saturated rings. The average molecular weight is 487 g/mol. The molecule has 186 valence electrons. The normalized spacial score (nSPS) is 21.4. The van der Waals surface area contributed by atoms with Gasteiger partial charge in [-0.3, -0.25) is 9.88 Å². The van der Waals surface area contributed by atoms with Gasteiger partial charge in [-0.1, -0.05) is 58.2 Å². The smallest absolute Gasteiger partial charge is 0.125 e. The second kappa shape index (κ2) is 12.3. The lowest BCUT2D eigenvalue weighted by atomic mass is 9.72. The molecule has 0 radical (unpaired) electrons. The highest BCUT2D eigenvalue weighted by Crippen LogP contribution is 2.37. The Hall–Kier alpha value is -1.78. The summed E-state index contributed by atoms with van der Waals surface area (Å²) in [6.45, 7) is 12.6. The van der Waals surface area contributed by atoms with E-state index in [4.69, 9.17) is 11.6 Å². The van der Waals surface area contributed by atoms with Gasteiger partial charge in [-0.25, -0.2) is 4.39 Å². The van der Waals surface area contributed by atoms with E-state index in [2.05, 4.69) is 43.6 Å². The summed E-state index contributed by atoms with van der Waals surface area (Å²) in [6, 6.07) is 8.61. The van der Waals surface area contributed by atoms with Gasteiger partial charge in [0.1, 0.15) is 12.1 Å². The van der Waals surface area contributed by atoms with Crippen molar-refractivity contribution in [3.63, 3.8) is 0 Å². The Morgan fingerprint density at radius 1 is 1.18 bits per heavy atom. The second-order valence-electron chi connectivity index (χ2n) is 11.2. The highest BCUT2D eigenvalue weighted by molar-refractivity contribution is 6.30. The highest BCUT2D eigenvalue weighted by atomic mass is 35.5. The molecule has 1 aliphatic heterocycles. The minimum atomic E-state index is -0.336. The molecule has 5 heteroatoms. The third kappa shape index (κ3) is 7.88. The molecule has 2 atom stereocenters. The lowest BCUT2D eigenvalue weighted by molar-refractivity contribution is -0.113.